The predicted octanol–water partition coefficient (Wildman–Crippen LogP) is 1.77. The Balaban J connectivity index is 1.84. The Hall–Kier alpha value is -1.55. The van der Waals surface area contributed by atoms with Gasteiger partial charge < -0.3 is 9.73 Å². The number of benzene rings is 1. The van der Waals surface area contributed by atoms with E-state index >= 15 is 0 Å². The molecule has 4 heteroatoms. The Labute approximate surface area is 99.2 Å². The van der Waals surface area contributed by atoms with Gasteiger partial charge in [-0.05, 0) is 30.5 Å². The van der Waals surface area contributed by atoms with Gasteiger partial charge in [0.25, 0.3) is 0 Å². The highest BCUT2D eigenvalue weighted by Crippen LogP contribution is 2.19. The summed E-state index contributed by atoms with van der Waals surface area (Å²) in [7, 11) is 1.73. The molecule has 0 aliphatic heterocycles. The molecule has 3 rings (SSSR count). The fraction of sp³-hybridized carbons (Fsp3) is 0.462. The molecule has 0 amide bonds. The number of oxazole rings is 1. The summed E-state index contributed by atoms with van der Waals surface area (Å²) in [6.07, 6.45) is 3.91. The monoisotopic (exact) mass is 232 g/mol. The average molecular weight is 232 g/mol. The Morgan fingerprint density at radius 3 is 3.00 bits per heavy atom. The van der Waals surface area contributed by atoms with Crippen molar-refractivity contribution >= 4 is 11.1 Å². The van der Waals surface area contributed by atoms with Crippen molar-refractivity contribution in [3.05, 3.63) is 34.3 Å². The molecule has 1 aromatic carbocycles. The fourth-order valence-electron chi connectivity index (χ4n) is 2.16. The van der Waals surface area contributed by atoms with Gasteiger partial charge in [0.15, 0.2) is 5.58 Å². The van der Waals surface area contributed by atoms with E-state index in [0.717, 1.165) is 12.1 Å². The SMILES string of the molecule is Cn1c(=O)oc2ccc(CNC3CCC3)cc21. The number of hydrogen-bond donors (Lipinski definition) is 1. The molecule has 17 heavy (non-hydrogen) atoms. The van der Waals surface area contributed by atoms with E-state index in [1.54, 1.807) is 11.6 Å². The number of hydrogen-bond acceptors (Lipinski definition) is 3. The van der Waals surface area contributed by atoms with Crippen molar-refractivity contribution in [3.63, 3.8) is 0 Å². The van der Waals surface area contributed by atoms with E-state index in [9.17, 15) is 4.79 Å². The van der Waals surface area contributed by atoms with Gasteiger partial charge in [0.05, 0.1) is 5.52 Å². The Morgan fingerprint density at radius 1 is 1.47 bits per heavy atom. The van der Waals surface area contributed by atoms with Crippen LogP contribution in [0.15, 0.2) is 27.4 Å². The first-order chi connectivity index (χ1) is 8.24. The van der Waals surface area contributed by atoms with Crippen molar-refractivity contribution in [2.45, 2.75) is 31.8 Å². The highest BCUT2D eigenvalue weighted by Gasteiger charge is 2.16. The summed E-state index contributed by atoms with van der Waals surface area (Å²) < 4.78 is 6.64. The fourth-order valence-corrected chi connectivity index (χ4v) is 2.16. The van der Waals surface area contributed by atoms with E-state index in [1.165, 1.54) is 24.8 Å². The third kappa shape index (κ3) is 1.89. The van der Waals surface area contributed by atoms with E-state index < -0.39 is 0 Å². The molecule has 0 spiro atoms. The third-order valence-corrected chi connectivity index (χ3v) is 3.56. The summed E-state index contributed by atoms with van der Waals surface area (Å²) in [4.78, 5) is 11.4. The van der Waals surface area contributed by atoms with Gasteiger partial charge in [0.1, 0.15) is 0 Å². The largest absolute Gasteiger partial charge is 0.419 e. The summed E-state index contributed by atoms with van der Waals surface area (Å²) in [5.74, 6) is -0.302. The second-order valence-electron chi connectivity index (χ2n) is 4.74. The summed E-state index contributed by atoms with van der Waals surface area (Å²) in [5.41, 5.74) is 2.72. The second-order valence-corrected chi connectivity index (χ2v) is 4.74. The van der Waals surface area contributed by atoms with Crippen molar-refractivity contribution in [2.24, 2.45) is 7.05 Å². The van der Waals surface area contributed by atoms with Gasteiger partial charge >= 0.3 is 5.76 Å². The first kappa shape index (κ1) is 10.6. The molecule has 1 fully saturated rings. The molecule has 0 atom stereocenters. The molecule has 0 saturated heterocycles. The minimum atomic E-state index is -0.302. The highest BCUT2D eigenvalue weighted by atomic mass is 16.4. The lowest BCUT2D eigenvalue weighted by molar-refractivity contribution is 0.338. The average Bonchev–Trinajstić information content (AvgIpc) is 2.53. The van der Waals surface area contributed by atoms with Crippen molar-refractivity contribution in [2.75, 3.05) is 0 Å². The van der Waals surface area contributed by atoms with E-state index in [-0.39, 0.29) is 5.76 Å². The van der Waals surface area contributed by atoms with Crippen LogP contribution in [0.4, 0.5) is 0 Å². The molecule has 1 N–H and O–H groups in total. The normalized spacial score (nSPS) is 16.3. The molecule has 2 aromatic rings. The van der Waals surface area contributed by atoms with Gasteiger partial charge in [-0.25, -0.2) is 4.79 Å². The molecule has 1 aromatic heterocycles. The zero-order chi connectivity index (χ0) is 11.8. The molecule has 0 unspecified atom stereocenters. The third-order valence-electron chi connectivity index (χ3n) is 3.56. The molecule has 0 radical (unpaired) electrons. The van der Waals surface area contributed by atoms with Crippen molar-refractivity contribution in [3.8, 4) is 0 Å². The molecule has 1 saturated carbocycles. The van der Waals surface area contributed by atoms with Crippen LogP contribution in [0.25, 0.3) is 11.1 Å². The van der Waals surface area contributed by atoms with E-state index in [4.69, 9.17) is 4.42 Å². The van der Waals surface area contributed by atoms with Gasteiger partial charge in [0, 0.05) is 19.6 Å². The van der Waals surface area contributed by atoms with E-state index in [1.807, 2.05) is 18.2 Å². The summed E-state index contributed by atoms with van der Waals surface area (Å²) in [6, 6.07) is 6.58. The van der Waals surface area contributed by atoms with Gasteiger partial charge in [-0.15, -0.1) is 0 Å². The maximum Gasteiger partial charge on any atom is 0.419 e. The van der Waals surface area contributed by atoms with E-state index in [2.05, 4.69) is 5.32 Å². The molecule has 1 heterocycles. The van der Waals surface area contributed by atoms with Crippen LogP contribution >= 0.6 is 0 Å². The highest BCUT2D eigenvalue weighted by molar-refractivity contribution is 5.73. The lowest BCUT2D eigenvalue weighted by Crippen LogP contribution is -2.34. The zero-order valence-corrected chi connectivity index (χ0v) is 9.90. The van der Waals surface area contributed by atoms with Crippen LogP contribution in [-0.2, 0) is 13.6 Å². The van der Waals surface area contributed by atoms with Crippen molar-refractivity contribution < 1.29 is 4.42 Å². The van der Waals surface area contributed by atoms with Crippen LogP contribution < -0.4 is 11.1 Å². The van der Waals surface area contributed by atoms with Crippen LogP contribution in [0.3, 0.4) is 0 Å². The molecule has 1 aliphatic carbocycles. The van der Waals surface area contributed by atoms with Crippen LogP contribution in [0.2, 0.25) is 0 Å². The van der Waals surface area contributed by atoms with Crippen molar-refractivity contribution in [1.82, 2.24) is 9.88 Å². The first-order valence-corrected chi connectivity index (χ1v) is 6.06. The Kier molecular flexibility index (Phi) is 2.52. The number of fused-ring (bicyclic) bond motifs is 1. The summed E-state index contributed by atoms with van der Waals surface area (Å²) in [6.45, 7) is 0.861. The zero-order valence-electron chi connectivity index (χ0n) is 9.90. The van der Waals surface area contributed by atoms with Gasteiger partial charge in [0.2, 0.25) is 0 Å². The predicted molar refractivity (Wildman–Crippen MR) is 65.9 cm³/mol. The molecular weight excluding hydrogens is 216 g/mol. The number of rotatable bonds is 3. The summed E-state index contributed by atoms with van der Waals surface area (Å²) >= 11 is 0. The van der Waals surface area contributed by atoms with Crippen LogP contribution in [0.5, 0.6) is 0 Å². The maximum atomic E-state index is 11.4. The van der Waals surface area contributed by atoms with E-state index in [0.29, 0.717) is 11.6 Å². The molecule has 0 bridgehead atoms. The second kappa shape index (κ2) is 4.04. The van der Waals surface area contributed by atoms with Crippen LogP contribution in [0, 0.1) is 0 Å². The molecule has 90 valence electrons. The molecular formula is C13H16N2O2. The maximum absolute atomic E-state index is 11.4. The standard InChI is InChI=1S/C13H16N2O2/c1-15-11-7-9(8-14-10-3-2-4-10)5-6-12(11)17-13(15)16/h5-7,10,14H,2-4,8H2,1H3. The van der Waals surface area contributed by atoms with Crippen LogP contribution in [-0.4, -0.2) is 10.6 Å². The minimum Gasteiger partial charge on any atom is -0.408 e. The van der Waals surface area contributed by atoms with Gasteiger partial charge in [-0.2, -0.15) is 0 Å². The lowest BCUT2D eigenvalue weighted by atomic mass is 9.93. The Morgan fingerprint density at radius 2 is 2.29 bits per heavy atom. The number of aryl methyl sites for hydroxylation is 1. The lowest BCUT2D eigenvalue weighted by Gasteiger charge is -2.26. The molecule has 1 aliphatic rings. The van der Waals surface area contributed by atoms with Gasteiger partial charge in [-0.1, -0.05) is 12.5 Å². The topological polar surface area (TPSA) is 47.2 Å². The smallest absolute Gasteiger partial charge is 0.408 e. The number of nitrogens with one attached hydrogen (secondary N) is 1. The van der Waals surface area contributed by atoms with Crippen LogP contribution in [0.1, 0.15) is 24.8 Å². The minimum absolute atomic E-state index is 0.302. The quantitative estimate of drug-likeness (QED) is 0.877. The van der Waals surface area contributed by atoms with Crippen molar-refractivity contribution in [1.29, 1.82) is 0 Å². The number of aromatic nitrogens is 1. The number of nitrogens with zero attached hydrogens (tertiary/aromatic N) is 1. The van der Waals surface area contributed by atoms with Gasteiger partial charge in [-0.3, -0.25) is 4.57 Å². The summed E-state index contributed by atoms with van der Waals surface area (Å²) in [5, 5.41) is 3.51. The first-order valence-electron chi connectivity index (χ1n) is 6.06. The Bertz CT molecular complexity index is 593. The molecule has 4 nitrogen and oxygen atoms in total.